The molecule has 0 bridgehead atoms. The summed E-state index contributed by atoms with van der Waals surface area (Å²) < 4.78 is 0. The van der Waals surface area contributed by atoms with Crippen molar-refractivity contribution in [2.75, 3.05) is 5.32 Å². The molecule has 0 radical (unpaired) electrons. The maximum absolute atomic E-state index is 4.68. The van der Waals surface area contributed by atoms with E-state index in [1.165, 1.54) is 0 Å². The predicted octanol–water partition coefficient (Wildman–Crippen LogP) is 4.41. The normalized spacial score (nSPS) is 10.5. The van der Waals surface area contributed by atoms with E-state index in [0.29, 0.717) is 11.8 Å². The molecule has 3 aromatic heterocycles. The van der Waals surface area contributed by atoms with Crippen molar-refractivity contribution < 1.29 is 0 Å². The molecule has 1 N–H and O–H groups in total. The van der Waals surface area contributed by atoms with Gasteiger partial charge in [0.05, 0.1) is 5.69 Å². The standard InChI is InChI=1S/C18H13N5S/c1-2-6-13(7-3-1)17-21-15(12-24-17)14-9-11-20-18(22-14)23-16-8-4-5-10-19-16/h1-12H,(H,19,20,22,23). The van der Waals surface area contributed by atoms with E-state index >= 15 is 0 Å². The molecule has 5 nitrogen and oxygen atoms in total. The van der Waals surface area contributed by atoms with Crippen molar-refractivity contribution in [1.29, 1.82) is 0 Å². The zero-order valence-corrected chi connectivity index (χ0v) is 13.4. The average molecular weight is 331 g/mol. The van der Waals surface area contributed by atoms with Crippen molar-refractivity contribution in [3.63, 3.8) is 0 Å². The van der Waals surface area contributed by atoms with Crippen molar-refractivity contribution in [3.8, 4) is 22.0 Å². The van der Waals surface area contributed by atoms with Crippen LogP contribution in [0, 0.1) is 0 Å². The molecule has 6 heteroatoms. The van der Waals surface area contributed by atoms with Gasteiger partial charge in [-0.2, -0.15) is 0 Å². The highest BCUT2D eigenvalue weighted by atomic mass is 32.1. The second kappa shape index (κ2) is 6.55. The molecule has 0 saturated carbocycles. The van der Waals surface area contributed by atoms with E-state index in [4.69, 9.17) is 0 Å². The van der Waals surface area contributed by atoms with Gasteiger partial charge in [0.15, 0.2) is 0 Å². The lowest BCUT2D eigenvalue weighted by molar-refractivity contribution is 1.14. The monoisotopic (exact) mass is 331 g/mol. The lowest BCUT2D eigenvalue weighted by Gasteiger charge is -2.04. The molecule has 0 fully saturated rings. The van der Waals surface area contributed by atoms with E-state index in [0.717, 1.165) is 22.0 Å². The first-order valence-corrected chi connectivity index (χ1v) is 8.29. The second-order valence-corrected chi connectivity index (χ2v) is 5.87. The summed E-state index contributed by atoms with van der Waals surface area (Å²) in [7, 11) is 0. The molecule has 0 aliphatic carbocycles. The molecule has 0 atom stereocenters. The smallest absolute Gasteiger partial charge is 0.228 e. The fourth-order valence-corrected chi connectivity index (χ4v) is 3.04. The van der Waals surface area contributed by atoms with Crippen LogP contribution in [0.5, 0.6) is 0 Å². The van der Waals surface area contributed by atoms with Gasteiger partial charge in [-0.25, -0.2) is 19.9 Å². The maximum Gasteiger partial charge on any atom is 0.228 e. The average Bonchev–Trinajstić information content (AvgIpc) is 3.14. The Morgan fingerprint density at radius 1 is 0.750 bits per heavy atom. The summed E-state index contributed by atoms with van der Waals surface area (Å²) in [6, 6.07) is 17.6. The minimum Gasteiger partial charge on any atom is -0.309 e. The number of pyridine rings is 1. The Morgan fingerprint density at radius 2 is 1.62 bits per heavy atom. The molecule has 0 amide bonds. The first-order valence-electron chi connectivity index (χ1n) is 7.41. The number of hydrogen-bond donors (Lipinski definition) is 1. The minimum absolute atomic E-state index is 0.500. The summed E-state index contributed by atoms with van der Waals surface area (Å²) in [4.78, 5) is 17.7. The lowest BCUT2D eigenvalue weighted by Crippen LogP contribution is -1.99. The topological polar surface area (TPSA) is 63.6 Å². The van der Waals surface area contributed by atoms with Crippen LogP contribution in [0.3, 0.4) is 0 Å². The molecule has 0 saturated heterocycles. The zero-order chi connectivity index (χ0) is 16.2. The quantitative estimate of drug-likeness (QED) is 0.600. The third kappa shape index (κ3) is 3.13. The second-order valence-electron chi connectivity index (χ2n) is 5.01. The van der Waals surface area contributed by atoms with Crippen LogP contribution in [0.15, 0.2) is 72.4 Å². The molecule has 0 aliphatic rings. The van der Waals surface area contributed by atoms with Crippen LogP contribution in [0.25, 0.3) is 22.0 Å². The summed E-state index contributed by atoms with van der Waals surface area (Å²) in [6.45, 7) is 0. The van der Waals surface area contributed by atoms with Gasteiger partial charge in [-0.05, 0) is 18.2 Å². The summed E-state index contributed by atoms with van der Waals surface area (Å²) in [5.74, 6) is 1.21. The van der Waals surface area contributed by atoms with E-state index in [1.807, 2.05) is 47.8 Å². The number of thiazole rings is 1. The molecule has 0 aliphatic heterocycles. The summed E-state index contributed by atoms with van der Waals surface area (Å²) in [5, 5.41) is 6.08. The SMILES string of the molecule is c1ccc(-c2nc(-c3ccnc(Nc4ccccn4)n3)cs2)cc1. The number of aromatic nitrogens is 4. The van der Waals surface area contributed by atoms with Crippen LogP contribution in [-0.4, -0.2) is 19.9 Å². The fraction of sp³-hybridized carbons (Fsp3) is 0. The Kier molecular flexibility index (Phi) is 3.95. The maximum atomic E-state index is 4.68. The highest BCUT2D eigenvalue weighted by Crippen LogP contribution is 2.28. The van der Waals surface area contributed by atoms with Gasteiger partial charge in [-0.1, -0.05) is 36.4 Å². The number of nitrogens with one attached hydrogen (secondary N) is 1. The molecule has 0 unspecified atom stereocenters. The van der Waals surface area contributed by atoms with E-state index in [-0.39, 0.29) is 0 Å². The lowest BCUT2D eigenvalue weighted by atomic mass is 10.2. The van der Waals surface area contributed by atoms with Crippen LogP contribution >= 0.6 is 11.3 Å². The molecule has 116 valence electrons. The molecular weight excluding hydrogens is 318 g/mol. The highest BCUT2D eigenvalue weighted by molar-refractivity contribution is 7.13. The van der Waals surface area contributed by atoms with Crippen LogP contribution in [-0.2, 0) is 0 Å². The molecule has 1 aromatic carbocycles. The minimum atomic E-state index is 0.500. The van der Waals surface area contributed by atoms with Crippen molar-refractivity contribution in [2.45, 2.75) is 0 Å². The van der Waals surface area contributed by atoms with Crippen LogP contribution < -0.4 is 5.32 Å². The first-order chi connectivity index (χ1) is 11.9. The van der Waals surface area contributed by atoms with Crippen LogP contribution in [0.1, 0.15) is 0 Å². The van der Waals surface area contributed by atoms with E-state index in [9.17, 15) is 0 Å². The van der Waals surface area contributed by atoms with Gasteiger partial charge < -0.3 is 5.32 Å². The van der Waals surface area contributed by atoms with Gasteiger partial charge in [0.25, 0.3) is 0 Å². The molecular formula is C18H13N5S. The Balaban J connectivity index is 1.61. The Labute approximate surface area is 143 Å². The van der Waals surface area contributed by atoms with Gasteiger partial charge >= 0.3 is 0 Å². The van der Waals surface area contributed by atoms with Crippen molar-refractivity contribution in [3.05, 3.63) is 72.4 Å². The molecule has 4 aromatic rings. The van der Waals surface area contributed by atoms with Gasteiger partial charge in [0, 0.05) is 23.3 Å². The van der Waals surface area contributed by atoms with Crippen molar-refractivity contribution in [2.24, 2.45) is 0 Å². The molecule has 3 heterocycles. The summed E-state index contributed by atoms with van der Waals surface area (Å²) >= 11 is 1.60. The molecule has 0 spiro atoms. The van der Waals surface area contributed by atoms with Gasteiger partial charge in [-0.3, -0.25) is 0 Å². The van der Waals surface area contributed by atoms with Gasteiger partial charge in [0.1, 0.15) is 16.5 Å². The third-order valence-corrected chi connectivity index (χ3v) is 4.24. The van der Waals surface area contributed by atoms with Crippen molar-refractivity contribution >= 4 is 23.1 Å². The molecule has 24 heavy (non-hydrogen) atoms. The highest BCUT2D eigenvalue weighted by Gasteiger charge is 2.09. The Morgan fingerprint density at radius 3 is 2.46 bits per heavy atom. The Bertz CT molecular complexity index is 938. The largest absolute Gasteiger partial charge is 0.309 e. The number of anilines is 2. The number of hydrogen-bond acceptors (Lipinski definition) is 6. The third-order valence-electron chi connectivity index (χ3n) is 3.35. The predicted molar refractivity (Wildman–Crippen MR) is 96.1 cm³/mol. The molecule has 4 rings (SSSR count). The van der Waals surface area contributed by atoms with Gasteiger partial charge in [-0.15, -0.1) is 11.3 Å². The van der Waals surface area contributed by atoms with E-state index < -0.39 is 0 Å². The fourth-order valence-electron chi connectivity index (χ4n) is 2.22. The first kappa shape index (κ1) is 14.5. The summed E-state index contributed by atoms with van der Waals surface area (Å²) in [5.41, 5.74) is 2.72. The van der Waals surface area contributed by atoms with Crippen LogP contribution in [0.2, 0.25) is 0 Å². The number of nitrogens with zero attached hydrogens (tertiary/aromatic N) is 4. The van der Waals surface area contributed by atoms with Crippen LogP contribution in [0.4, 0.5) is 11.8 Å². The zero-order valence-electron chi connectivity index (χ0n) is 12.6. The number of benzene rings is 1. The van der Waals surface area contributed by atoms with Gasteiger partial charge in [0.2, 0.25) is 5.95 Å². The van der Waals surface area contributed by atoms with E-state index in [2.05, 4.69) is 37.4 Å². The Hall–Kier alpha value is -3.12. The van der Waals surface area contributed by atoms with Crippen molar-refractivity contribution in [1.82, 2.24) is 19.9 Å². The summed E-state index contributed by atoms with van der Waals surface area (Å²) in [6.07, 6.45) is 3.44. The number of rotatable bonds is 4. The van der Waals surface area contributed by atoms with E-state index in [1.54, 1.807) is 23.7 Å².